The van der Waals surface area contributed by atoms with Gasteiger partial charge in [0.1, 0.15) is 0 Å². The summed E-state index contributed by atoms with van der Waals surface area (Å²) in [5.41, 5.74) is 2.21. The van der Waals surface area contributed by atoms with Crippen molar-refractivity contribution in [3.8, 4) is 5.69 Å². The van der Waals surface area contributed by atoms with E-state index in [2.05, 4.69) is 20.6 Å². The van der Waals surface area contributed by atoms with Crippen molar-refractivity contribution in [3.63, 3.8) is 0 Å². The van der Waals surface area contributed by atoms with Crippen molar-refractivity contribution < 1.29 is 4.79 Å². The second kappa shape index (κ2) is 8.75. The number of hydrogen-bond acceptors (Lipinski definition) is 5. The summed E-state index contributed by atoms with van der Waals surface area (Å²) < 4.78 is 1.49. The number of carbonyl (C=O) groups is 1. The quantitative estimate of drug-likeness (QED) is 0.459. The highest BCUT2D eigenvalue weighted by atomic mass is 35.5. The lowest BCUT2D eigenvalue weighted by atomic mass is 10.2. The lowest BCUT2D eigenvalue weighted by Crippen LogP contribution is -2.19. The Morgan fingerprint density at radius 2 is 1.80 bits per heavy atom. The smallest absolute Gasteiger partial charge is 0.256 e. The normalized spacial score (nSPS) is 10.7. The molecule has 4 aromatic rings. The third kappa shape index (κ3) is 4.31. The molecule has 0 saturated carbocycles. The maximum Gasteiger partial charge on any atom is 0.256 e. The molecule has 0 fully saturated rings. The number of aromatic nitrogens is 3. The third-order valence-electron chi connectivity index (χ3n) is 4.37. The number of pyridine rings is 1. The highest BCUT2D eigenvalue weighted by Gasteiger charge is 2.10. The average Bonchev–Trinajstić information content (AvgIpc) is 2.74. The number of hydrogen-bond donors (Lipinski definition) is 2. The molecule has 1 amide bonds. The van der Waals surface area contributed by atoms with Crippen LogP contribution in [0, 0.1) is 0 Å². The van der Waals surface area contributed by atoms with Gasteiger partial charge in [-0.1, -0.05) is 24.3 Å². The number of alkyl halides is 1. The Bertz CT molecular complexity index is 1260. The van der Waals surface area contributed by atoms with E-state index in [1.165, 1.54) is 10.6 Å². The summed E-state index contributed by atoms with van der Waals surface area (Å²) in [6, 6.07) is 19.7. The molecule has 0 saturated heterocycles. The van der Waals surface area contributed by atoms with E-state index in [0.717, 1.165) is 5.69 Å². The van der Waals surface area contributed by atoms with Crippen molar-refractivity contribution in [2.24, 2.45) is 0 Å². The number of nitrogens with one attached hydrogen (secondary N) is 2. The van der Waals surface area contributed by atoms with E-state index in [9.17, 15) is 9.59 Å². The van der Waals surface area contributed by atoms with Gasteiger partial charge < -0.3 is 10.6 Å². The number of halogens is 1. The minimum Gasteiger partial charge on any atom is -0.326 e. The standard InChI is InChI=1S/C22H18ClN5O2/c23-12-11-19(29)25-17-7-4-8-18(13-17)28-20(30)10-9-15-14-24-22(27-21(15)28)26-16-5-2-1-3-6-16/h1-10,13-14H,11-12H2,(H,25,29)(H,24,26,27). The molecule has 0 unspecified atom stereocenters. The summed E-state index contributed by atoms with van der Waals surface area (Å²) in [5.74, 6) is 0.422. The molecule has 0 bridgehead atoms. The van der Waals surface area contributed by atoms with Gasteiger partial charge in [-0.2, -0.15) is 4.98 Å². The zero-order valence-electron chi connectivity index (χ0n) is 15.9. The fourth-order valence-electron chi connectivity index (χ4n) is 3.01. The van der Waals surface area contributed by atoms with E-state index in [4.69, 9.17) is 11.6 Å². The molecular weight excluding hydrogens is 402 g/mol. The minimum atomic E-state index is -0.240. The van der Waals surface area contributed by atoms with Gasteiger partial charge >= 0.3 is 0 Å². The number of amides is 1. The summed E-state index contributed by atoms with van der Waals surface area (Å²) >= 11 is 5.62. The summed E-state index contributed by atoms with van der Waals surface area (Å²) in [7, 11) is 0. The van der Waals surface area contributed by atoms with Crippen LogP contribution in [0.4, 0.5) is 17.3 Å². The van der Waals surface area contributed by atoms with Crippen molar-refractivity contribution in [2.75, 3.05) is 16.5 Å². The number of para-hydroxylation sites is 1. The molecule has 0 radical (unpaired) electrons. The zero-order valence-corrected chi connectivity index (χ0v) is 16.6. The maximum absolute atomic E-state index is 12.7. The van der Waals surface area contributed by atoms with Gasteiger partial charge in [0, 0.05) is 41.3 Å². The van der Waals surface area contributed by atoms with E-state index < -0.39 is 0 Å². The van der Waals surface area contributed by atoms with Crippen molar-refractivity contribution >= 4 is 45.9 Å². The highest BCUT2D eigenvalue weighted by molar-refractivity contribution is 6.19. The first-order chi connectivity index (χ1) is 14.6. The zero-order chi connectivity index (χ0) is 20.9. The molecule has 0 aliphatic carbocycles. The van der Waals surface area contributed by atoms with Gasteiger partial charge in [0.25, 0.3) is 5.56 Å². The predicted octanol–water partition coefficient (Wildman–Crippen LogP) is 4.09. The minimum absolute atomic E-state index is 0.191. The molecule has 4 rings (SSSR count). The number of carbonyl (C=O) groups excluding carboxylic acids is 1. The van der Waals surface area contributed by atoms with Crippen LogP contribution in [0.25, 0.3) is 16.7 Å². The maximum atomic E-state index is 12.7. The molecule has 2 N–H and O–H groups in total. The topological polar surface area (TPSA) is 88.9 Å². The van der Waals surface area contributed by atoms with Gasteiger partial charge in [-0.25, -0.2) is 4.98 Å². The van der Waals surface area contributed by atoms with Crippen molar-refractivity contribution in [3.05, 3.63) is 83.3 Å². The number of nitrogens with zero attached hydrogens (tertiary/aromatic N) is 3. The van der Waals surface area contributed by atoms with Gasteiger partial charge in [0.05, 0.1) is 5.69 Å². The van der Waals surface area contributed by atoms with E-state index in [1.54, 1.807) is 36.5 Å². The number of fused-ring (bicyclic) bond motifs is 1. The molecule has 0 atom stereocenters. The van der Waals surface area contributed by atoms with E-state index in [0.29, 0.717) is 28.4 Å². The Morgan fingerprint density at radius 1 is 1.00 bits per heavy atom. The van der Waals surface area contributed by atoms with E-state index in [1.807, 2.05) is 30.3 Å². The number of benzene rings is 2. The van der Waals surface area contributed by atoms with Crippen LogP contribution in [0.5, 0.6) is 0 Å². The Labute approximate surface area is 177 Å². The van der Waals surface area contributed by atoms with Gasteiger partial charge in [-0.3, -0.25) is 14.2 Å². The first-order valence-corrected chi connectivity index (χ1v) is 9.84. The molecule has 0 spiro atoms. The largest absolute Gasteiger partial charge is 0.326 e. The Hall–Kier alpha value is -3.71. The van der Waals surface area contributed by atoms with Crippen molar-refractivity contribution in [2.45, 2.75) is 6.42 Å². The van der Waals surface area contributed by atoms with Crippen molar-refractivity contribution in [1.82, 2.24) is 14.5 Å². The second-order valence-electron chi connectivity index (χ2n) is 6.51. The Morgan fingerprint density at radius 3 is 2.60 bits per heavy atom. The predicted molar refractivity (Wildman–Crippen MR) is 119 cm³/mol. The van der Waals surface area contributed by atoms with Gasteiger partial charge in [0.2, 0.25) is 11.9 Å². The van der Waals surface area contributed by atoms with Crippen LogP contribution in [0.15, 0.2) is 77.7 Å². The molecule has 0 aliphatic heterocycles. The summed E-state index contributed by atoms with van der Waals surface area (Å²) in [6.45, 7) is 0. The lowest BCUT2D eigenvalue weighted by molar-refractivity contribution is -0.115. The molecular formula is C22H18ClN5O2. The number of rotatable bonds is 6. The Balaban J connectivity index is 1.76. The summed E-state index contributed by atoms with van der Waals surface area (Å²) in [6.07, 6.45) is 1.87. The average molecular weight is 420 g/mol. The first kappa shape index (κ1) is 19.6. The van der Waals surface area contributed by atoms with E-state index >= 15 is 0 Å². The molecule has 7 nitrogen and oxygen atoms in total. The molecule has 30 heavy (non-hydrogen) atoms. The summed E-state index contributed by atoms with van der Waals surface area (Å²) in [4.78, 5) is 33.5. The molecule has 0 aliphatic rings. The van der Waals surface area contributed by atoms with Crippen LogP contribution in [0.1, 0.15) is 6.42 Å². The SMILES string of the molecule is O=C(CCCl)Nc1cccc(-n2c(=O)ccc3cnc(Nc4ccccc4)nc32)c1. The van der Waals surface area contributed by atoms with Crippen LogP contribution in [-0.4, -0.2) is 26.3 Å². The van der Waals surface area contributed by atoms with Crippen LogP contribution in [0.2, 0.25) is 0 Å². The lowest BCUT2D eigenvalue weighted by Gasteiger charge is -2.12. The first-order valence-electron chi connectivity index (χ1n) is 9.31. The second-order valence-corrected chi connectivity index (χ2v) is 6.89. The van der Waals surface area contributed by atoms with Crippen molar-refractivity contribution in [1.29, 1.82) is 0 Å². The van der Waals surface area contributed by atoms with Crippen LogP contribution < -0.4 is 16.2 Å². The molecule has 2 aromatic heterocycles. The van der Waals surface area contributed by atoms with Crippen LogP contribution >= 0.6 is 11.6 Å². The third-order valence-corrected chi connectivity index (χ3v) is 4.56. The molecule has 2 aromatic carbocycles. The van der Waals surface area contributed by atoms with Crippen LogP contribution in [-0.2, 0) is 4.79 Å². The summed E-state index contributed by atoms with van der Waals surface area (Å²) in [5, 5.41) is 6.63. The van der Waals surface area contributed by atoms with E-state index in [-0.39, 0.29) is 23.8 Å². The van der Waals surface area contributed by atoms with Gasteiger partial charge in [-0.05, 0) is 36.4 Å². The fraction of sp³-hybridized carbons (Fsp3) is 0.0909. The number of anilines is 3. The molecule has 2 heterocycles. The monoisotopic (exact) mass is 419 g/mol. The Kier molecular flexibility index (Phi) is 5.72. The van der Waals surface area contributed by atoms with Gasteiger partial charge in [0.15, 0.2) is 5.65 Å². The molecule has 150 valence electrons. The van der Waals surface area contributed by atoms with Crippen LogP contribution in [0.3, 0.4) is 0 Å². The fourth-order valence-corrected chi connectivity index (χ4v) is 3.18. The highest BCUT2D eigenvalue weighted by Crippen LogP contribution is 2.20. The van der Waals surface area contributed by atoms with Gasteiger partial charge in [-0.15, -0.1) is 11.6 Å². The molecule has 8 heteroatoms.